The van der Waals surface area contributed by atoms with E-state index in [2.05, 4.69) is 0 Å². The summed E-state index contributed by atoms with van der Waals surface area (Å²) in [6, 6.07) is 8.20. The smallest absolute Gasteiger partial charge is 0.416 e. The lowest BCUT2D eigenvalue weighted by atomic mass is 10.1. The summed E-state index contributed by atoms with van der Waals surface area (Å²) in [7, 11) is -4.46. The van der Waals surface area contributed by atoms with E-state index in [0.29, 0.717) is 37.6 Å². The number of carbonyl (C=O) groups excluding carboxylic acids is 2. The number of anilines is 1. The van der Waals surface area contributed by atoms with Gasteiger partial charge in [0, 0.05) is 25.9 Å². The predicted molar refractivity (Wildman–Crippen MR) is 137 cm³/mol. The third-order valence-corrected chi connectivity index (χ3v) is 8.14. The first kappa shape index (κ1) is 28.7. The number of ether oxygens (including phenoxy) is 2. The van der Waals surface area contributed by atoms with E-state index in [4.69, 9.17) is 9.47 Å². The SMILES string of the molecule is CC(C)(C)OC(=O)Cc1ccc2c(c1)N(S(=O)(=O)c1cccc(C(F)(F)F)c1)C[C@@H](CCN1CCCC1=O)O2. The van der Waals surface area contributed by atoms with Crippen LogP contribution in [0.4, 0.5) is 18.9 Å². The molecule has 1 saturated heterocycles. The summed E-state index contributed by atoms with van der Waals surface area (Å²) in [6.45, 7) is 5.99. The Bertz CT molecular complexity index is 1350. The van der Waals surface area contributed by atoms with Crippen molar-refractivity contribution in [3.63, 3.8) is 0 Å². The van der Waals surface area contributed by atoms with Crippen molar-refractivity contribution in [3.05, 3.63) is 53.6 Å². The van der Waals surface area contributed by atoms with Crippen LogP contribution in [0.5, 0.6) is 5.75 Å². The second-order valence-corrected chi connectivity index (χ2v) is 12.5. The van der Waals surface area contributed by atoms with Crippen molar-refractivity contribution in [2.24, 2.45) is 0 Å². The number of fused-ring (bicyclic) bond motifs is 1. The van der Waals surface area contributed by atoms with Crippen LogP contribution < -0.4 is 9.04 Å². The van der Waals surface area contributed by atoms with Crippen LogP contribution in [0.3, 0.4) is 0 Å². The Labute approximate surface area is 225 Å². The zero-order valence-electron chi connectivity index (χ0n) is 22.0. The first-order valence-electron chi connectivity index (χ1n) is 12.6. The van der Waals surface area contributed by atoms with Crippen molar-refractivity contribution in [3.8, 4) is 5.75 Å². The van der Waals surface area contributed by atoms with E-state index in [1.165, 1.54) is 12.1 Å². The first-order valence-corrected chi connectivity index (χ1v) is 14.1. The number of sulfonamides is 1. The lowest BCUT2D eigenvalue weighted by Crippen LogP contribution is -2.45. The molecule has 39 heavy (non-hydrogen) atoms. The van der Waals surface area contributed by atoms with Crippen molar-refractivity contribution in [2.45, 2.75) is 69.2 Å². The molecule has 212 valence electrons. The summed E-state index contributed by atoms with van der Waals surface area (Å²) in [5.41, 5.74) is -1.23. The third-order valence-electron chi connectivity index (χ3n) is 6.37. The molecule has 0 unspecified atom stereocenters. The summed E-state index contributed by atoms with van der Waals surface area (Å²) in [5.74, 6) is -0.284. The van der Waals surface area contributed by atoms with Crippen LogP contribution in [0.25, 0.3) is 0 Å². The van der Waals surface area contributed by atoms with Gasteiger partial charge in [-0.1, -0.05) is 12.1 Å². The molecule has 2 heterocycles. The quantitative estimate of drug-likeness (QED) is 0.455. The van der Waals surface area contributed by atoms with Crippen LogP contribution in [-0.2, 0) is 36.9 Å². The van der Waals surface area contributed by atoms with Gasteiger partial charge in [0.05, 0.1) is 29.1 Å². The number of nitrogens with zero attached hydrogens (tertiary/aromatic N) is 2. The van der Waals surface area contributed by atoms with Crippen LogP contribution in [0.2, 0.25) is 0 Å². The molecule has 0 saturated carbocycles. The van der Waals surface area contributed by atoms with Crippen molar-refractivity contribution < 1.29 is 40.7 Å². The standard InChI is InChI=1S/C27H31F3N2O6S/c1-26(2,3)38-25(34)15-18-9-10-23-22(14-18)32(17-20(37-23)11-13-31-12-5-8-24(31)33)39(35,36)21-7-4-6-19(16-21)27(28,29)30/h4,6-7,9-10,14,16,20H,5,8,11-13,15,17H2,1-3H3/t20-/m1/s1. The maximum Gasteiger partial charge on any atom is 0.416 e. The van der Waals surface area contributed by atoms with Crippen LogP contribution in [0.1, 0.15) is 51.2 Å². The molecule has 2 aromatic rings. The summed E-state index contributed by atoms with van der Waals surface area (Å²) in [6.07, 6.45) is -3.96. The minimum Gasteiger partial charge on any atom is -0.486 e. The highest BCUT2D eigenvalue weighted by atomic mass is 32.2. The van der Waals surface area contributed by atoms with E-state index in [9.17, 15) is 31.2 Å². The molecule has 1 amide bonds. The molecule has 1 fully saturated rings. The van der Waals surface area contributed by atoms with Gasteiger partial charge in [-0.05, 0) is 63.1 Å². The summed E-state index contributed by atoms with van der Waals surface area (Å²) < 4.78 is 80.1. The number of amides is 1. The zero-order chi connectivity index (χ0) is 28.6. The summed E-state index contributed by atoms with van der Waals surface area (Å²) in [5, 5.41) is 0. The van der Waals surface area contributed by atoms with Crippen LogP contribution >= 0.6 is 0 Å². The van der Waals surface area contributed by atoms with Crippen LogP contribution in [-0.4, -0.2) is 56.5 Å². The van der Waals surface area contributed by atoms with Crippen LogP contribution in [0, 0.1) is 0 Å². The highest BCUT2D eigenvalue weighted by molar-refractivity contribution is 7.92. The summed E-state index contributed by atoms with van der Waals surface area (Å²) >= 11 is 0. The molecule has 0 bridgehead atoms. The molecule has 0 aromatic heterocycles. The second-order valence-electron chi connectivity index (χ2n) is 10.6. The maximum absolute atomic E-state index is 13.8. The minimum atomic E-state index is -4.72. The predicted octanol–water partition coefficient (Wildman–Crippen LogP) is 4.56. The van der Waals surface area contributed by atoms with Gasteiger partial charge in [-0.25, -0.2) is 8.42 Å². The molecule has 0 aliphatic carbocycles. The van der Waals surface area contributed by atoms with Gasteiger partial charge in [0.1, 0.15) is 17.5 Å². The Morgan fingerprint density at radius 3 is 2.51 bits per heavy atom. The number of halogens is 3. The lowest BCUT2D eigenvalue weighted by molar-refractivity contribution is -0.154. The van der Waals surface area contributed by atoms with Crippen molar-refractivity contribution in [1.82, 2.24) is 4.90 Å². The van der Waals surface area contributed by atoms with Gasteiger partial charge in [0.2, 0.25) is 5.91 Å². The molecular weight excluding hydrogens is 537 g/mol. The minimum absolute atomic E-state index is 0.0198. The fraction of sp³-hybridized carbons (Fsp3) is 0.481. The number of alkyl halides is 3. The van der Waals surface area contributed by atoms with E-state index in [-0.39, 0.29) is 30.3 Å². The Balaban J connectivity index is 1.67. The molecule has 4 rings (SSSR count). The first-order chi connectivity index (χ1) is 18.1. The number of carbonyl (C=O) groups is 2. The molecule has 0 N–H and O–H groups in total. The van der Waals surface area contributed by atoms with Gasteiger partial charge < -0.3 is 14.4 Å². The van der Waals surface area contributed by atoms with E-state index in [0.717, 1.165) is 28.9 Å². The molecule has 0 spiro atoms. The molecule has 2 aliphatic rings. The van der Waals surface area contributed by atoms with E-state index in [1.54, 1.807) is 31.7 Å². The molecule has 2 aliphatic heterocycles. The number of benzene rings is 2. The van der Waals surface area contributed by atoms with Crippen LogP contribution in [0.15, 0.2) is 47.4 Å². The topological polar surface area (TPSA) is 93.2 Å². The van der Waals surface area contributed by atoms with E-state index < -0.39 is 44.3 Å². The zero-order valence-corrected chi connectivity index (χ0v) is 22.8. The van der Waals surface area contributed by atoms with Crippen molar-refractivity contribution in [1.29, 1.82) is 0 Å². The number of esters is 1. The summed E-state index contributed by atoms with van der Waals surface area (Å²) in [4.78, 5) is 25.6. The van der Waals surface area contributed by atoms with Gasteiger partial charge in [-0.2, -0.15) is 13.2 Å². The number of rotatable bonds is 7. The molecule has 0 radical (unpaired) electrons. The average molecular weight is 569 g/mol. The van der Waals surface area contributed by atoms with Gasteiger partial charge in [0.15, 0.2) is 0 Å². The molecule has 12 heteroatoms. The van der Waals surface area contributed by atoms with Gasteiger partial charge in [-0.15, -0.1) is 0 Å². The van der Waals surface area contributed by atoms with E-state index in [1.807, 2.05) is 0 Å². The van der Waals surface area contributed by atoms with E-state index >= 15 is 0 Å². The lowest BCUT2D eigenvalue weighted by Gasteiger charge is -2.36. The second kappa shape index (κ2) is 10.7. The maximum atomic E-state index is 13.8. The molecule has 8 nitrogen and oxygen atoms in total. The third kappa shape index (κ3) is 6.84. The molecule has 1 atom stereocenters. The Kier molecular flexibility index (Phi) is 7.89. The number of hydrogen-bond donors (Lipinski definition) is 0. The Morgan fingerprint density at radius 2 is 1.87 bits per heavy atom. The highest BCUT2D eigenvalue weighted by Crippen LogP contribution is 2.39. The van der Waals surface area contributed by atoms with Gasteiger partial charge >= 0.3 is 12.1 Å². The Morgan fingerprint density at radius 1 is 1.13 bits per heavy atom. The largest absolute Gasteiger partial charge is 0.486 e. The monoisotopic (exact) mass is 568 g/mol. The molecular formula is C27H31F3N2O6S. The number of hydrogen-bond acceptors (Lipinski definition) is 6. The fourth-order valence-corrected chi connectivity index (χ4v) is 6.14. The highest BCUT2D eigenvalue weighted by Gasteiger charge is 2.37. The van der Waals surface area contributed by atoms with Gasteiger partial charge in [-0.3, -0.25) is 13.9 Å². The average Bonchev–Trinajstić information content (AvgIpc) is 3.25. The van der Waals surface area contributed by atoms with Crippen molar-refractivity contribution >= 4 is 27.6 Å². The fourth-order valence-electron chi connectivity index (χ4n) is 4.59. The molecule has 2 aromatic carbocycles. The Hall–Kier alpha value is -3.28. The van der Waals surface area contributed by atoms with Crippen molar-refractivity contribution in [2.75, 3.05) is 23.9 Å². The normalized spacial score (nSPS) is 18.1. The number of likely N-dealkylation sites (tertiary alicyclic amines) is 1. The van der Waals surface area contributed by atoms with Gasteiger partial charge in [0.25, 0.3) is 10.0 Å².